The summed E-state index contributed by atoms with van der Waals surface area (Å²) in [6, 6.07) is 5.42. The fourth-order valence-electron chi connectivity index (χ4n) is 1.24. The molecule has 0 unspecified atom stereocenters. The van der Waals surface area contributed by atoms with E-state index in [0.717, 1.165) is 15.6 Å². The second-order valence-corrected chi connectivity index (χ2v) is 4.61. The summed E-state index contributed by atoms with van der Waals surface area (Å²) in [6.45, 7) is 0.973. The molecule has 17 heavy (non-hydrogen) atoms. The van der Waals surface area contributed by atoms with E-state index in [1.165, 1.54) is 0 Å². The molecule has 1 aromatic rings. The Bertz CT molecular complexity index is 382. The molecule has 6 heteroatoms. The summed E-state index contributed by atoms with van der Waals surface area (Å²) in [7, 11) is 0. The molecule has 96 valence electrons. The molecular weight excluding hydrogens is 302 g/mol. The van der Waals surface area contributed by atoms with Gasteiger partial charge in [0.15, 0.2) is 0 Å². The molecule has 0 aliphatic heterocycles. The van der Waals surface area contributed by atoms with Crippen molar-refractivity contribution in [2.45, 2.75) is 25.8 Å². The maximum atomic E-state index is 12.6. The first kappa shape index (κ1) is 14.4. The lowest BCUT2D eigenvalue weighted by Crippen LogP contribution is -2.38. The van der Waals surface area contributed by atoms with Crippen molar-refractivity contribution in [1.82, 2.24) is 5.32 Å². The molecule has 0 amide bonds. The summed E-state index contributed by atoms with van der Waals surface area (Å²) in [5.41, 5.74) is 1.78. The molecule has 1 N–H and O–H groups in total. The largest absolute Gasteiger partial charge is 0.319 e. The molecule has 0 spiro atoms. The lowest BCUT2D eigenvalue weighted by Gasteiger charge is -2.16. The second kappa shape index (κ2) is 5.82. The molecular formula is C11H12BrF4N. The fraction of sp³-hybridized carbons (Fsp3) is 0.455. The summed E-state index contributed by atoms with van der Waals surface area (Å²) in [6.07, 6.45) is -3.64. The molecule has 0 radical (unpaired) electrons. The van der Waals surface area contributed by atoms with E-state index in [0.29, 0.717) is 0 Å². The van der Waals surface area contributed by atoms with Gasteiger partial charge in [-0.25, -0.2) is 8.78 Å². The van der Waals surface area contributed by atoms with Gasteiger partial charge in [-0.05, 0) is 24.1 Å². The van der Waals surface area contributed by atoms with Crippen LogP contribution in [0.3, 0.4) is 0 Å². The van der Waals surface area contributed by atoms with Crippen molar-refractivity contribution in [3.63, 3.8) is 0 Å². The van der Waals surface area contributed by atoms with Gasteiger partial charge < -0.3 is 5.32 Å². The lowest BCUT2D eigenvalue weighted by molar-refractivity contribution is -0.125. The Labute approximate surface area is 105 Å². The smallest absolute Gasteiger partial charge is 0.307 e. The molecule has 0 saturated heterocycles. The first-order valence-corrected chi connectivity index (χ1v) is 5.74. The first-order chi connectivity index (χ1) is 7.83. The quantitative estimate of drug-likeness (QED) is 0.816. The molecule has 0 saturated carbocycles. The summed E-state index contributed by atoms with van der Waals surface area (Å²) in [5.74, 6) is -3.99. The number of alkyl halides is 4. The highest BCUT2D eigenvalue weighted by Crippen LogP contribution is 2.22. The van der Waals surface area contributed by atoms with Gasteiger partial charge in [-0.3, -0.25) is 0 Å². The predicted octanol–water partition coefficient (Wildman–Crippen LogP) is 3.75. The maximum Gasteiger partial charge on any atom is 0.319 e. The summed E-state index contributed by atoms with van der Waals surface area (Å²) >= 11 is 3.28. The van der Waals surface area contributed by atoms with Crippen LogP contribution >= 0.6 is 15.9 Å². The van der Waals surface area contributed by atoms with Gasteiger partial charge in [-0.2, -0.15) is 8.78 Å². The van der Waals surface area contributed by atoms with Crippen molar-refractivity contribution >= 4 is 15.9 Å². The Hall–Kier alpha value is -0.620. The number of nitrogens with one attached hydrogen (secondary N) is 1. The average Bonchev–Trinajstić information content (AvgIpc) is 2.21. The van der Waals surface area contributed by atoms with E-state index in [2.05, 4.69) is 21.2 Å². The van der Waals surface area contributed by atoms with Gasteiger partial charge in [0.1, 0.15) is 0 Å². The van der Waals surface area contributed by atoms with Crippen LogP contribution in [0.4, 0.5) is 17.6 Å². The molecule has 0 aliphatic rings. The van der Waals surface area contributed by atoms with Crippen LogP contribution in [-0.2, 0) is 6.54 Å². The first-order valence-electron chi connectivity index (χ1n) is 4.94. The topological polar surface area (TPSA) is 12.0 Å². The van der Waals surface area contributed by atoms with Crippen molar-refractivity contribution in [3.8, 4) is 0 Å². The van der Waals surface area contributed by atoms with Crippen molar-refractivity contribution in [2.24, 2.45) is 0 Å². The number of benzene rings is 1. The van der Waals surface area contributed by atoms with Gasteiger partial charge >= 0.3 is 12.3 Å². The van der Waals surface area contributed by atoms with Gasteiger partial charge in [0.05, 0.1) is 6.54 Å². The van der Waals surface area contributed by atoms with Gasteiger partial charge in [0, 0.05) is 11.0 Å². The number of rotatable bonds is 5. The van der Waals surface area contributed by atoms with E-state index < -0.39 is 18.9 Å². The van der Waals surface area contributed by atoms with Crippen LogP contribution in [0.1, 0.15) is 11.1 Å². The molecule has 1 rings (SSSR count). The van der Waals surface area contributed by atoms with E-state index >= 15 is 0 Å². The Balaban J connectivity index is 2.51. The van der Waals surface area contributed by atoms with Crippen LogP contribution in [0.25, 0.3) is 0 Å². The second-order valence-electron chi connectivity index (χ2n) is 3.76. The van der Waals surface area contributed by atoms with Crippen LogP contribution in [0.15, 0.2) is 22.7 Å². The van der Waals surface area contributed by atoms with E-state index in [1.807, 2.05) is 19.1 Å². The minimum Gasteiger partial charge on any atom is -0.307 e. The third-order valence-electron chi connectivity index (χ3n) is 2.20. The fourth-order valence-corrected chi connectivity index (χ4v) is 1.87. The van der Waals surface area contributed by atoms with Gasteiger partial charge in [-0.1, -0.05) is 28.1 Å². The summed E-state index contributed by atoms with van der Waals surface area (Å²) < 4.78 is 49.7. The SMILES string of the molecule is Cc1ccc(CNCC(F)(F)C(F)F)c(Br)c1. The summed E-state index contributed by atoms with van der Waals surface area (Å²) in [4.78, 5) is 0. The Morgan fingerprint density at radius 1 is 1.35 bits per heavy atom. The lowest BCUT2D eigenvalue weighted by atomic mass is 10.1. The predicted molar refractivity (Wildman–Crippen MR) is 61.5 cm³/mol. The highest BCUT2D eigenvalue weighted by molar-refractivity contribution is 9.10. The number of hydrogen-bond donors (Lipinski definition) is 1. The average molecular weight is 314 g/mol. The minimum absolute atomic E-state index is 0.114. The third kappa shape index (κ3) is 4.27. The standard InChI is InChI=1S/C11H12BrF4N/c1-7-2-3-8(9(12)4-7)5-17-6-11(15,16)10(13)14/h2-4,10,17H,5-6H2,1H3. The van der Waals surface area contributed by atoms with Crippen molar-refractivity contribution in [2.75, 3.05) is 6.54 Å². The van der Waals surface area contributed by atoms with Crippen LogP contribution in [-0.4, -0.2) is 18.9 Å². The Kier molecular flexibility index (Phi) is 4.94. The van der Waals surface area contributed by atoms with Crippen molar-refractivity contribution < 1.29 is 17.6 Å². The van der Waals surface area contributed by atoms with Crippen molar-refractivity contribution in [1.29, 1.82) is 0 Å². The molecule has 0 fully saturated rings. The van der Waals surface area contributed by atoms with E-state index in [9.17, 15) is 17.6 Å². The number of hydrogen-bond acceptors (Lipinski definition) is 1. The maximum absolute atomic E-state index is 12.6. The van der Waals surface area contributed by atoms with E-state index in [1.54, 1.807) is 6.07 Å². The Morgan fingerprint density at radius 2 is 2.00 bits per heavy atom. The molecule has 0 aromatic heterocycles. The highest BCUT2D eigenvalue weighted by atomic mass is 79.9. The molecule has 1 aromatic carbocycles. The monoisotopic (exact) mass is 313 g/mol. The van der Waals surface area contributed by atoms with Crippen molar-refractivity contribution in [3.05, 3.63) is 33.8 Å². The molecule has 0 bridgehead atoms. The summed E-state index contributed by atoms with van der Waals surface area (Å²) in [5, 5.41) is 2.32. The Morgan fingerprint density at radius 3 is 2.53 bits per heavy atom. The van der Waals surface area contributed by atoms with Crippen LogP contribution in [0.5, 0.6) is 0 Å². The molecule has 0 atom stereocenters. The number of aryl methyl sites for hydroxylation is 1. The third-order valence-corrected chi connectivity index (χ3v) is 2.94. The highest BCUT2D eigenvalue weighted by Gasteiger charge is 2.39. The zero-order chi connectivity index (χ0) is 13.1. The molecule has 0 aliphatic carbocycles. The minimum atomic E-state index is -3.99. The normalized spacial score (nSPS) is 12.2. The van der Waals surface area contributed by atoms with E-state index in [4.69, 9.17) is 0 Å². The van der Waals surface area contributed by atoms with Crippen LogP contribution in [0, 0.1) is 6.92 Å². The van der Waals surface area contributed by atoms with Gasteiger partial charge in [0.2, 0.25) is 0 Å². The zero-order valence-corrected chi connectivity index (χ0v) is 10.7. The van der Waals surface area contributed by atoms with Gasteiger partial charge in [0.25, 0.3) is 0 Å². The zero-order valence-electron chi connectivity index (χ0n) is 9.11. The molecule has 0 heterocycles. The van der Waals surface area contributed by atoms with E-state index in [-0.39, 0.29) is 6.54 Å². The molecule has 1 nitrogen and oxygen atoms in total. The van der Waals surface area contributed by atoms with Crippen LogP contribution in [0.2, 0.25) is 0 Å². The number of halogens is 5. The van der Waals surface area contributed by atoms with Gasteiger partial charge in [-0.15, -0.1) is 0 Å². The van der Waals surface area contributed by atoms with Crippen LogP contribution < -0.4 is 5.32 Å².